The van der Waals surface area contributed by atoms with E-state index in [1.165, 1.54) is 36.4 Å². The third-order valence-corrected chi connectivity index (χ3v) is 2.60. The second kappa shape index (κ2) is 5.52. The van der Waals surface area contributed by atoms with Gasteiger partial charge in [-0.3, -0.25) is 0 Å². The lowest BCUT2D eigenvalue weighted by Gasteiger charge is -2.09. The van der Waals surface area contributed by atoms with Crippen molar-refractivity contribution in [2.24, 2.45) is 0 Å². The van der Waals surface area contributed by atoms with Crippen LogP contribution in [0.4, 0.5) is 13.2 Å². The second-order valence-electron chi connectivity index (χ2n) is 4.07. The first-order chi connectivity index (χ1) is 9.36. The normalized spacial score (nSPS) is 11.7. The highest BCUT2D eigenvalue weighted by Crippen LogP contribution is 2.31. The van der Waals surface area contributed by atoms with E-state index in [2.05, 4.69) is 0 Å². The highest BCUT2D eigenvalue weighted by Gasteiger charge is 2.30. The van der Waals surface area contributed by atoms with Gasteiger partial charge in [0.1, 0.15) is 11.5 Å². The van der Waals surface area contributed by atoms with E-state index in [-0.39, 0.29) is 5.75 Å². The largest absolute Gasteiger partial charge is 0.457 e. The molecule has 0 unspecified atom stereocenters. The van der Waals surface area contributed by atoms with Gasteiger partial charge in [0.2, 0.25) is 0 Å². The standard InChI is InChI=1S/C14H11F3O3/c15-14(16,17)10-3-7-12(8-4-10)20-11-5-1-9(2-6-11)13(18)19/h1-8,13,18-19H. The lowest BCUT2D eigenvalue weighted by Crippen LogP contribution is -2.03. The average molecular weight is 284 g/mol. The number of rotatable bonds is 3. The fourth-order valence-corrected chi connectivity index (χ4v) is 1.56. The molecule has 0 atom stereocenters. The molecule has 2 N–H and O–H groups in total. The molecule has 3 nitrogen and oxygen atoms in total. The molecule has 0 aromatic heterocycles. The first kappa shape index (κ1) is 14.4. The summed E-state index contributed by atoms with van der Waals surface area (Å²) in [5.74, 6) is 0.643. The Morgan fingerprint density at radius 2 is 1.25 bits per heavy atom. The summed E-state index contributed by atoms with van der Waals surface area (Å²) in [6.07, 6.45) is -5.95. The Labute approximate surface area is 112 Å². The van der Waals surface area contributed by atoms with Gasteiger partial charge in [0.05, 0.1) is 5.56 Å². The summed E-state index contributed by atoms with van der Waals surface area (Å²) < 4.78 is 42.5. The lowest BCUT2D eigenvalue weighted by molar-refractivity contribution is -0.137. The molecule has 0 heterocycles. The van der Waals surface area contributed by atoms with Crippen molar-refractivity contribution in [3.63, 3.8) is 0 Å². The molecule has 0 spiro atoms. The van der Waals surface area contributed by atoms with Gasteiger partial charge in [-0.2, -0.15) is 13.2 Å². The SMILES string of the molecule is OC(O)c1ccc(Oc2ccc(C(F)(F)F)cc2)cc1. The summed E-state index contributed by atoms with van der Waals surface area (Å²) in [5, 5.41) is 17.8. The molecule has 0 fully saturated rings. The Balaban J connectivity index is 2.10. The maximum absolute atomic E-state index is 12.4. The fraction of sp³-hybridized carbons (Fsp3) is 0.143. The van der Waals surface area contributed by atoms with Crippen molar-refractivity contribution < 1.29 is 28.1 Å². The zero-order chi connectivity index (χ0) is 14.8. The quantitative estimate of drug-likeness (QED) is 0.848. The molecule has 0 saturated heterocycles. The highest BCUT2D eigenvalue weighted by atomic mass is 19.4. The van der Waals surface area contributed by atoms with Gasteiger partial charge in [0, 0.05) is 5.56 Å². The number of ether oxygens (including phenoxy) is 1. The Bertz CT molecular complexity index is 560. The van der Waals surface area contributed by atoms with E-state index in [4.69, 9.17) is 14.9 Å². The maximum Gasteiger partial charge on any atom is 0.416 e. The zero-order valence-corrected chi connectivity index (χ0v) is 10.1. The number of halogens is 3. The molecule has 0 aliphatic rings. The number of alkyl halides is 3. The van der Waals surface area contributed by atoms with Crippen molar-refractivity contribution in [1.29, 1.82) is 0 Å². The van der Waals surface area contributed by atoms with Crippen molar-refractivity contribution in [3.8, 4) is 11.5 Å². The Morgan fingerprint density at radius 3 is 1.65 bits per heavy atom. The van der Waals surface area contributed by atoms with Crippen molar-refractivity contribution in [1.82, 2.24) is 0 Å². The number of hydrogen-bond acceptors (Lipinski definition) is 3. The van der Waals surface area contributed by atoms with Crippen LogP contribution in [-0.4, -0.2) is 10.2 Å². The zero-order valence-electron chi connectivity index (χ0n) is 10.1. The minimum atomic E-state index is -4.38. The van der Waals surface area contributed by atoms with E-state index in [9.17, 15) is 13.2 Å². The molecule has 0 radical (unpaired) electrons. The third-order valence-electron chi connectivity index (χ3n) is 2.60. The van der Waals surface area contributed by atoms with E-state index < -0.39 is 18.0 Å². The maximum atomic E-state index is 12.4. The van der Waals surface area contributed by atoms with Gasteiger partial charge in [-0.15, -0.1) is 0 Å². The van der Waals surface area contributed by atoms with E-state index >= 15 is 0 Å². The predicted molar refractivity (Wildman–Crippen MR) is 65.1 cm³/mol. The van der Waals surface area contributed by atoms with Gasteiger partial charge in [-0.25, -0.2) is 0 Å². The molecule has 2 rings (SSSR count). The number of hydrogen-bond donors (Lipinski definition) is 2. The van der Waals surface area contributed by atoms with Crippen LogP contribution in [0.3, 0.4) is 0 Å². The van der Waals surface area contributed by atoms with Crippen LogP contribution in [0, 0.1) is 0 Å². The molecule has 0 bridgehead atoms. The topological polar surface area (TPSA) is 49.7 Å². The Kier molecular flexibility index (Phi) is 3.96. The molecular formula is C14H11F3O3. The van der Waals surface area contributed by atoms with Crippen LogP contribution in [-0.2, 0) is 6.18 Å². The smallest absolute Gasteiger partial charge is 0.416 e. The summed E-state index contributed by atoms with van der Waals surface area (Å²) >= 11 is 0. The van der Waals surface area contributed by atoms with E-state index in [1.54, 1.807) is 0 Å². The van der Waals surface area contributed by atoms with Crippen LogP contribution in [0.25, 0.3) is 0 Å². The van der Waals surface area contributed by atoms with Gasteiger partial charge >= 0.3 is 6.18 Å². The molecule has 2 aromatic rings. The number of aliphatic hydroxyl groups is 2. The van der Waals surface area contributed by atoms with Gasteiger partial charge < -0.3 is 14.9 Å². The summed E-state index contributed by atoms with van der Waals surface area (Å²) in [6.45, 7) is 0. The molecule has 6 heteroatoms. The molecule has 0 amide bonds. The summed E-state index contributed by atoms with van der Waals surface area (Å²) in [7, 11) is 0. The summed E-state index contributed by atoms with van der Waals surface area (Å²) in [5.41, 5.74) is -0.451. The monoisotopic (exact) mass is 284 g/mol. The van der Waals surface area contributed by atoms with E-state index in [0.29, 0.717) is 11.3 Å². The van der Waals surface area contributed by atoms with E-state index in [1.807, 2.05) is 0 Å². The van der Waals surface area contributed by atoms with Gasteiger partial charge in [-0.05, 0) is 36.4 Å². The average Bonchev–Trinajstić information content (AvgIpc) is 2.39. The van der Waals surface area contributed by atoms with Gasteiger partial charge in [0.15, 0.2) is 6.29 Å². The van der Waals surface area contributed by atoms with Crippen molar-refractivity contribution >= 4 is 0 Å². The van der Waals surface area contributed by atoms with Gasteiger partial charge in [-0.1, -0.05) is 12.1 Å². The number of benzene rings is 2. The first-order valence-electron chi connectivity index (χ1n) is 5.67. The van der Waals surface area contributed by atoms with Crippen LogP contribution in [0.15, 0.2) is 48.5 Å². The highest BCUT2D eigenvalue weighted by molar-refractivity contribution is 5.35. The molecular weight excluding hydrogens is 273 g/mol. The molecule has 106 valence electrons. The minimum absolute atomic E-state index is 0.260. The van der Waals surface area contributed by atoms with Gasteiger partial charge in [0.25, 0.3) is 0 Å². The Hall–Kier alpha value is -2.05. The molecule has 20 heavy (non-hydrogen) atoms. The van der Waals surface area contributed by atoms with Crippen LogP contribution >= 0.6 is 0 Å². The molecule has 0 aliphatic carbocycles. The molecule has 2 aromatic carbocycles. The minimum Gasteiger partial charge on any atom is -0.457 e. The summed E-state index contributed by atoms with van der Waals surface area (Å²) in [6, 6.07) is 10.2. The third kappa shape index (κ3) is 3.49. The van der Waals surface area contributed by atoms with Crippen LogP contribution < -0.4 is 4.74 Å². The van der Waals surface area contributed by atoms with Crippen LogP contribution in [0.1, 0.15) is 17.4 Å². The fourth-order valence-electron chi connectivity index (χ4n) is 1.56. The van der Waals surface area contributed by atoms with Crippen molar-refractivity contribution in [2.45, 2.75) is 12.5 Å². The lowest BCUT2D eigenvalue weighted by atomic mass is 10.2. The van der Waals surface area contributed by atoms with Crippen LogP contribution in [0.5, 0.6) is 11.5 Å². The molecule has 0 saturated carbocycles. The predicted octanol–water partition coefficient (Wildman–Crippen LogP) is 3.48. The van der Waals surface area contributed by atoms with E-state index in [0.717, 1.165) is 12.1 Å². The molecule has 0 aliphatic heterocycles. The second-order valence-corrected chi connectivity index (χ2v) is 4.07. The first-order valence-corrected chi connectivity index (χ1v) is 5.67. The number of aliphatic hydroxyl groups excluding tert-OH is 1. The van der Waals surface area contributed by atoms with Crippen molar-refractivity contribution in [3.05, 3.63) is 59.7 Å². The van der Waals surface area contributed by atoms with Crippen LogP contribution in [0.2, 0.25) is 0 Å². The summed E-state index contributed by atoms with van der Waals surface area (Å²) in [4.78, 5) is 0. The van der Waals surface area contributed by atoms with Crippen molar-refractivity contribution in [2.75, 3.05) is 0 Å². The Morgan fingerprint density at radius 1 is 0.800 bits per heavy atom.